The molecule has 0 saturated carbocycles. The van der Waals surface area contributed by atoms with Crippen LogP contribution in [0.2, 0.25) is 0 Å². The molecule has 0 amide bonds. The summed E-state index contributed by atoms with van der Waals surface area (Å²) >= 11 is 5.75. The van der Waals surface area contributed by atoms with Gasteiger partial charge in [-0.1, -0.05) is 0 Å². The second-order valence-electron chi connectivity index (χ2n) is 4.02. The molecule has 0 aromatic carbocycles. The van der Waals surface area contributed by atoms with Gasteiger partial charge in [0, 0.05) is 36.4 Å². The van der Waals surface area contributed by atoms with Gasteiger partial charge in [0.1, 0.15) is 0 Å². The molecular weight excluding hydrogens is 386 g/mol. The maximum Gasteiger partial charge on any atom is 0.264 e. The molecule has 1 saturated heterocycles. The molecule has 4 radical (unpaired) electrons. The summed E-state index contributed by atoms with van der Waals surface area (Å²) in [6.07, 6.45) is 4.01. The van der Waals surface area contributed by atoms with Crippen molar-refractivity contribution >= 4 is 45.6 Å². The summed E-state index contributed by atoms with van der Waals surface area (Å²) in [6, 6.07) is 0. The van der Waals surface area contributed by atoms with E-state index in [0.29, 0.717) is 18.9 Å². The minimum Gasteiger partial charge on any atom is -0.353 e. The zero-order valence-electron chi connectivity index (χ0n) is 10.4. The number of alkyl halides is 1. The minimum atomic E-state index is -3.39. The standard InChI is InChI=1S/C10H19ClO5S.Sn/c1-17(12,13)15-7-5-9(8-11)16-10-4-2-3-6-14-10;/h9-10H,2-8H2,1H3;. The average Bonchev–Trinajstić information content (AvgIpc) is 2.27. The first-order valence-corrected chi connectivity index (χ1v) is 8.04. The summed E-state index contributed by atoms with van der Waals surface area (Å²) in [5, 5.41) is 0. The first kappa shape index (κ1) is 18.9. The molecule has 0 aromatic rings. The van der Waals surface area contributed by atoms with E-state index in [4.69, 9.17) is 21.1 Å². The Morgan fingerprint density at radius 2 is 2.17 bits per heavy atom. The van der Waals surface area contributed by atoms with Crippen molar-refractivity contribution in [2.45, 2.75) is 38.1 Å². The van der Waals surface area contributed by atoms with Gasteiger partial charge in [0.05, 0.1) is 19.0 Å². The van der Waals surface area contributed by atoms with Gasteiger partial charge in [-0.25, -0.2) is 0 Å². The Balaban J connectivity index is 0.00000289. The summed E-state index contributed by atoms with van der Waals surface area (Å²) in [5.74, 6) is 0.299. The average molecular weight is 405 g/mol. The second-order valence-corrected chi connectivity index (χ2v) is 5.98. The van der Waals surface area contributed by atoms with Crippen molar-refractivity contribution in [2.24, 2.45) is 0 Å². The summed E-state index contributed by atoms with van der Waals surface area (Å²) in [7, 11) is -3.39. The van der Waals surface area contributed by atoms with Gasteiger partial charge < -0.3 is 9.47 Å². The smallest absolute Gasteiger partial charge is 0.264 e. The van der Waals surface area contributed by atoms with Crippen molar-refractivity contribution in [1.82, 2.24) is 0 Å². The van der Waals surface area contributed by atoms with Crippen LogP contribution in [0.15, 0.2) is 0 Å². The van der Waals surface area contributed by atoms with Crippen LogP contribution in [0, 0.1) is 0 Å². The van der Waals surface area contributed by atoms with Crippen molar-refractivity contribution in [3.63, 3.8) is 0 Å². The summed E-state index contributed by atoms with van der Waals surface area (Å²) < 4.78 is 37.2. The zero-order valence-corrected chi connectivity index (χ0v) is 14.9. The molecule has 1 rings (SSSR count). The van der Waals surface area contributed by atoms with E-state index >= 15 is 0 Å². The number of rotatable bonds is 7. The van der Waals surface area contributed by atoms with Crippen LogP contribution in [0.5, 0.6) is 0 Å². The van der Waals surface area contributed by atoms with Gasteiger partial charge in [-0.2, -0.15) is 8.42 Å². The first-order chi connectivity index (χ1) is 8.01. The Morgan fingerprint density at radius 1 is 1.44 bits per heavy atom. The monoisotopic (exact) mass is 406 g/mol. The Morgan fingerprint density at radius 3 is 2.67 bits per heavy atom. The molecule has 0 aromatic heterocycles. The molecule has 2 atom stereocenters. The van der Waals surface area contributed by atoms with E-state index in [0.717, 1.165) is 25.5 Å². The molecule has 1 aliphatic rings. The van der Waals surface area contributed by atoms with Crippen LogP contribution in [0.1, 0.15) is 25.7 Å². The van der Waals surface area contributed by atoms with E-state index < -0.39 is 10.1 Å². The van der Waals surface area contributed by atoms with Crippen molar-refractivity contribution in [3.8, 4) is 0 Å². The number of hydrogen-bond acceptors (Lipinski definition) is 5. The fourth-order valence-electron chi connectivity index (χ4n) is 1.55. The minimum absolute atomic E-state index is 0. The second kappa shape index (κ2) is 9.76. The predicted molar refractivity (Wildman–Crippen MR) is 70.4 cm³/mol. The largest absolute Gasteiger partial charge is 0.353 e. The summed E-state index contributed by atoms with van der Waals surface area (Å²) in [4.78, 5) is 0. The van der Waals surface area contributed by atoms with Crippen LogP contribution in [-0.2, 0) is 23.8 Å². The SMILES string of the molecule is CS(=O)(=O)OCCC(CCl)OC1CCCCO1.[Sn]. The fourth-order valence-corrected chi connectivity index (χ4v) is 2.17. The molecule has 1 fully saturated rings. The van der Waals surface area contributed by atoms with Gasteiger partial charge in [-0.3, -0.25) is 4.18 Å². The van der Waals surface area contributed by atoms with E-state index in [9.17, 15) is 8.42 Å². The summed E-state index contributed by atoms with van der Waals surface area (Å²) in [6.45, 7) is 0.794. The van der Waals surface area contributed by atoms with Crippen LogP contribution in [-0.4, -0.2) is 70.1 Å². The number of ether oxygens (including phenoxy) is 2. The van der Waals surface area contributed by atoms with Gasteiger partial charge in [0.2, 0.25) is 0 Å². The quantitative estimate of drug-likeness (QED) is 0.361. The molecule has 0 aliphatic carbocycles. The molecule has 8 heteroatoms. The molecule has 0 spiro atoms. The fraction of sp³-hybridized carbons (Fsp3) is 1.00. The normalized spacial score (nSPS) is 22.2. The molecule has 1 aliphatic heterocycles. The van der Waals surface area contributed by atoms with Crippen LogP contribution < -0.4 is 0 Å². The van der Waals surface area contributed by atoms with Crippen LogP contribution >= 0.6 is 11.6 Å². The molecule has 2 unspecified atom stereocenters. The van der Waals surface area contributed by atoms with Gasteiger partial charge in [-0.05, 0) is 25.7 Å². The van der Waals surface area contributed by atoms with Crippen molar-refractivity contribution in [1.29, 1.82) is 0 Å². The Bertz CT molecular complexity index is 305. The molecular formula is C10H19ClO5SSn. The Hall–Kier alpha value is 0.919. The maximum absolute atomic E-state index is 10.8. The topological polar surface area (TPSA) is 61.8 Å². The molecule has 0 bridgehead atoms. The Kier molecular flexibility index (Phi) is 10.3. The van der Waals surface area contributed by atoms with Crippen LogP contribution in [0.4, 0.5) is 0 Å². The van der Waals surface area contributed by atoms with Crippen molar-refractivity contribution in [2.75, 3.05) is 25.3 Å². The third-order valence-corrected chi connectivity index (χ3v) is 3.33. The van der Waals surface area contributed by atoms with Gasteiger partial charge in [-0.15, -0.1) is 11.6 Å². The van der Waals surface area contributed by atoms with Crippen LogP contribution in [0.3, 0.4) is 0 Å². The zero-order chi connectivity index (χ0) is 12.7. The molecule has 1 heterocycles. The van der Waals surface area contributed by atoms with Gasteiger partial charge in [0.25, 0.3) is 10.1 Å². The van der Waals surface area contributed by atoms with E-state index in [-0.39, 0.29) is 42.9 Å². The van der Waals surface area contributed by atoms with E-state index in [1.54, 1.807) is 0 Å². The predicted octanol–water partition coefficient (Wildman–Crippen LogP) is 1.12. The molecule has 0 N–H and O–H groups in total. The Labute approximate surface area is 131 Å². The number of halogens is 1. The third-order valence-electron chi connectivity index (χ3n) is 2.39. The van der Waals surface area contributed by atoms with Gasteiger partial charge in [0.15, 0.2) is 6.29 Å². The first-order valence-electron chi connectivity index (χ1n) is 5.68. The van der Waals surface area contributed by atoms with Gasteiger partial charge >= 0.3 is 0 Å². The third kappa shape index (κ3) is 8.92. The van der Waals surface area contributed by atoms with Crippen molar-refractivity contribution in [3.05, 3.63) is 0 Å². The molecule has 5 nitrogen and oxygen atoms in total. The molecule has 18 heavy (non-hydrogen) atoms. The van der Waals surface area contributed by atoms with E-state index in [2.05, 4.69) is 4.18 Å². The maximum atomic E-state index is 10.8. The van der Waals surface area contributed by atoms with E-state index in [1.165, 1.54) is 0 Å². The van der Waals surface area contributed by atoms with Crippen molar-refractivity contribution < 1.29 is 22.1 Å². The number of hydrogen-bond donors (Lipinski definition) is 0. The van der Waals surface area contributed by atoms with Crippen LogP contribution in [0.25, 0.3) is 0 Å². The van der Waals surface area contributed by atoms with E-state index in [1.807, 2.05) is 0 Å². The molecule has 106 valence electrons. The summed E-state index contributed by atoms with van der Waals surface area (Å²) in [5.41, 5.74) is 0.